The first-order valence-corrected chi connectivity index (χ1v) is 42.7. The highest BCUT2D eigenvalue weighted by molar-refractivity contribution is 6.17. The Kier molecular flexibility index (Phi) is 19.9. The summed E-state index contributed by atoms with van der Waals surface area (Å²) in [7, 11) is 0. The van der Waals surface area contributed by atoms with Crippen LogP contribution in [0.25, 0.3) is 231 Å². The van der Waals surface area contributed by atoms with Crippen LogP contribution in [-0.4, -0.2) is 29.9 Å². The van der Waals surface area contributed by atoms with Crippen molar-refractivity contribution in [2.45, 2.75) is 0 Å². The summed E-state index contributed by atoms with van der Waals surface area (Å²) >= 11 is 0. The number of pyridine rings is 6. The predicted octanol–water partition coefficient (Wildman–Crippen LogP) is 31.8. The molecule has 0 bridgehead atoms. The molecule has 0 aliphatic heterocycles. The molecule has 0 spiro atoms. The minimum atomic E-state index is 0.979. The number of nitrogens with zero attached hydrogens (tertiary/aromatic N) is 6. The van der Waals surface area contributed by atoms with Crippen molar-refractivity contribution in [3.05, 3.63) is 474 Å². The van der Waals surface area contributed by atoms with Crippen molar-refractivity contribution in [1.82, 2.24) is 29.9 Å². The third-order valence-corrected chi connectivity index (χ3v) is 24.4. The summed E-state index contributed by atoms with van der Waals surface area (Å²) in [5.41, 5.74) is 31.7. The molecule has 588 valence electrons. The van der Waals surface area contributed by atoms with Gasteiger partial charge in [-0.25, -0.2) is 15.0 Å². The number of aromatic nitrogens is 6. The van der Waals surface area contributed by atoms with E-state index in [1.54, 1.807) is 0 Å². The van der Waals surface area contributed by atoms with Crippen LogP contribution in [0.3, 0.4) is 0 Å². The van der Waals surface area contributed by atoms with E-state index in [0.717, 1.165) is 72.2 Å². The molecule has 0 aliphatic carbocycles. The summed E-state index contributed by atoms with van der Waals surface area (Å²) in [4.78, 5) is 28.7. The van der Waals surface area contributed by atoms with E-state index < -0.39 is 0 Å². The maximum atomic E-state index is 5.12. The lowest BCUT2D eigenvalue weighted by atomic mass is 9.92. The first-order chi connectivity index (χ1) is 62.4. The van der Waals surface area contributed by atoms with E-state index >= 15 is 0 Å². The molecule has 24 rings (SSSR count). The number of para-hydroxylation sites is 1. The lowest BCUT2D eigenvalue weighted by Gasteiger charge is -2.14. The fraction of sp³-hybridized carbons (Fsp3) is 0. The maximum Gasteiger partial charge on any atom is 0.0780 e. The van der Waals surface area contributed by atoms with Gasteiger partial charge in [0, 0.05) is 85.6 Å². The fourth-order valence-electron chi connectivity index (χ4n) is 18.2. The van der Waals surface area contributed by atoms with E-state index in [1.165, 1.54) is 159 Å². The third-order valence-electron chi connectivity index (χ3n) is 24.4. The summed E-state index contributed by atoms with van der Waals surface area (Å²) < 4.78 is 0. The molecule has 6 aromatic heterocycles. The van der Waals surface area contributed by atoms with Crippen LogP contribution in [0.1, 0.15) is 0 Å². The fourth-order valence-corrected chi connectivity index (χ4v) is 18.2. The molecule has 0 atom stereocenters. The van der Waals surface area contributed by atoms with E-state index in [0.29, 0.717) is 0 Å². The molecule has 0 radical (unpaired) electrons. The summed E-state index contributed by atoms with van der Waals surface area (Å²) in [6.45, 7) is 0. The zero-order valence-electron chi connectivity index (χ0n) is 68.7. The molecule has 0 saturated carbocycles. The Balaban J connectivity index is 0.000000112. The van der Waals surface area contributed by atoms with Gasteiger partial charge in [-0.3, -0.25) is 15.0 Å². The Morgan fingerprint density at radius 1 is 0.151 bits per heavy atom. The van der Waals surface area contributed by atoms with Crippen LogP contribution >= 0.6 is 0 Å². The zero-order chi connectivity index (χ0) is 83.6. The van der Waals surface area contributed by atoms with Gasteiger partial charge in [0.1, 0.15) is 0 Å². The lowest BCUT2D eigenvalue weighted by Crippen LogP contribution is -1.91. The van der Waals surface area contributed by atoms with Gasteiger partial charge in [-0.15, -0.1) is 0 Å². The van der Waals surface area contributed by atoms with Crippen molar-refractivity contribution in [2.24, 2.45) is 0 Å². The summed E-state index contributed by atoms with van der Waals surface area (Å²) in [6.07, 6.45) is 9.45. The SMILES string of the molecule is c1ccc(-c2cc(-c3cccc(-c4ccc(-c5cccc6cccnc56)cc4)c3)c3c(ccc4ccccc43)n2)cc1.c1ccc(-c2cc(-c3cccc(-c4ccc(-c5cccc6ccncc56)cc4)c3)c3c(ccc4ccccc43)n2)cc1.c1ccc(-c2cc(-c3cccc(-c4ccc(-c5cccc6cnccc56)cc4)c3)c3c(ccc4ccccc43)n2)cc1. The average Bonchev–Trinajstić information content (AvgIpc) is 0.763. The summed E-state index contributed by atoms with van der Waals surface area (Å²) in [6, 6.07) is 157. The second-order valence-electron chi connectivity index (χ2n) is 32.0. The molecular weight excluding hydrogens is 1530 g/mol. The highest BCUT2D eigenvalue weighted by Crippen LogP contribution is 2.44. The molecule has 0 amide bonds. The molecule has 6 nitrogen and oxygen atoms in total. The van der Waals surface area contributed by atoms with Gasteiger partial charge in [-0.1, -0.05) is 370 Å². The van der Waals surface area contributed by atoms with E-state index in [1.807, 2.05) is 55.2 Å². The monoisotopic (exact) mass is 1600 g/mol. The first kappa shape index (κ1) is 75.4. The molecule has 6 heteroatoms. The number of rotatable bonds is 12. The molecule has 0 saturated heterocycles. The van der Waals surface area contributed by atoms with Crippen LogP contribution in [0, 0.1) is 0 Å². The molecule has 0 N–H and O–H groups in total. The van der Waals surface area contributed by atoms with Crippen LogP contribution < -0.4 is 0 Å². The van der Waals surface area contributed by atoms with E-state index in [4.69, 9.17) is 15.0 Å². The molecule has 0 fully saturated rings. The average molecular weight is 1600 g/mol. The van der Waals surface area contributed by atoms with Crippen molar-refractivity contribution >= 4 is 97.5 Å². The Morgan fingerprint density at radius 3 is 0.913 bits per heavy atom. The number of hydrogen-bond donors (Lipinski definition) is 0. The number of fused-ring (bicyclic) bond motifs is 12. The predicted molar refractivity (Wildman–Crippen MR) is 529 cm³/mol. The van der Waals surface area contributed by atoms with Gasteiger partial charge in [-0.05, 0) is 210 Å². The minimum absolute atomic E-state index is 0.979. The standard InChI is InChI=1S/3C40H26N2/c1-2-10-30(11-3-1)38-26-36(39-34-16-5-4-9-28(34)22-23-37(39)42-38)33-14-6-13-32(25-33)27-18-20-29(21-19-27)35-17-7-12-31-15-8-24-41-40(31)35;1-2-9-31(10-3-1)39-25-36(40-35-14-5-4-8-28(35)20-21-38(40)42-39)33-13-6-12-32(24-33)27-16-18-30(19-17-27)34-15-7-11-29-22-23-41-26-37(29)34;1-2-9-30(10-3-1)39-25-37(40-36-14-5-4-8-28(36)20-21-38(40)42-39)32-12-6-11-31(24-32)27-16-18-29(19-17-27)34-15-7-13-33-26-41-23-22-35(33)34/h3*1-26H. The lowest BCUT2D eigenvalue weighted by molar-refractivity contribution is 1.36. The van der Waals surface area contributed by atoms with Crippen molar-refractivity contribution in [3.63, 3.8) is 0 Å². The molecule has 126 heavy (non-hydrogen) atoms. The highest BCUT2D eigenvalue weighted by atomic mass is 14.7. The normalized spacial score (nSPS) is 11.3. The van der Waals surface area contributed by atoms with Crippen LogP contribution in [-0.2, 0) is 0 Å². The van der Waals surface area contributed by atoms with Crippen LogP contribution in [0.5, 0.6) is 0 Å². The van der Waals surface area contributed by atoms with Crippen molar-refractivity contribution < 1.29 is 0 Å². The minimum Gasteiger partial charge on any atom is -0.264 e. The smallest absolute Gasteiger partial charge is 0.0780 e. The Hall–Kier alpha value is -16.8. The van der Waals surface area contributed by atoms with Crippen LogP contribution in [0.2, 0.25) is 0 Å². The topological polar surface area (TPSA) is 77.3 Å². The zero-order valence-corrected chi connectivity index (χ0v) is 68.7. The second kappa shape index (κ2) is 33.3. The van der Waals surface area contributed by atoms with Gasteiger partial charge in [0.25, 0.3) is 0 Å². The summed E-state index contributed by atoms with van der Waals surface area (Å²) in [5.74, 6) is 0. The number of hydrogen-bond acceptors (Lipinski definition) is 6. The van der Waals surface area contributed by atoms with E-state index in [-0.39, 0.29) is 0 Å². The van der Waals surface area contributed by atoms with Gasteiger partial charge in [0.15, 0.2) is 0 Å². The third kappa shape index (κ3) is 14.8. The van der Waals surface area contributed by atoms with Gasteiger partial charge < -0.3 is 0 Å². The van der Waals surface area contributed by atoms with E-state index in [9.17, 15) is 0 Å². The van der Waals surface area contributed by atoms with E-state index in [2.05, 4.69) is 434 Å². The van der Waals surface area contributed by atoms with Crippen molar-refractivity contribution in [1.29, 1.82) is 0 Å². The number of benzene rings is 18. The Labute approximate surface area is 730 Å². The molecule has 24 aromatic rings. The molecule has 0 aliphatic rings. The van der Waals surface area contributed by atoms with Gasteiger partial charge in [0.2, 0.25) is 0 Å². The summed E-state index contributed by atoms with van der Waals surface area (Å²) in [5, 5.41) is 16.8. The van der Waals surface area contributed by atoms with Crippen molar-refractivity contribution in [3.8, 4) is 134 Å². The highest BCUT2D eigenvalue weighted by Gasteiger charge is 2.20. The largest absolute Gasteiger partial charge is 0.264 e. The van der Waals surface area contributed by atoms with Gasteiger partial charge >= 0.3 is 0 Å². The van der Waals surface area contributed by atoms with Crippen LogP contribution in [0.4, 0.5) is 0 Å². The van der Waals surface area contributed by atoms with Crippen molar-refractivity contribution in [2.75, 3.05) is 0 Å². The Morgan fingerprint density at radius 2 is 0.468 bits per heavy atom. The molecule has 18 aromatic carbocycles. The molecular formula is C120H78N6. The first-order valence-electron chi connectivity index (χ1n) is 42.7. The van der Waals surface area contributed by atoms with Crippen LogP contribution in [0.15, 0.2) is 474 Å². The quantitative estimate of drug-likeness (QED) is 0.113. The second-order valence-corrected chi connectivity index (χ2v) is 32.0. The maximum absolute atomic E-state index is 5.12. The molecule has 0 unspecified atom stereocenters. The van der Waals surface area contributed by atoms with Gasteiger partial charge in [0.05, 0.1) is 39.1 Å². The molecule has 6 heterocycles. The Bertz CT molecular complexity index is 7450. The van der Waals surface area contributed by atoms with Gasteiger partial charge in [-0.2, -0.15) is 0 Å².